The van der Waals surface area contributed by atoms with E-state index in [1.807, 2.05) is 36.4 Å². The Labute approximate surface area is 193 Å². The van der Waals surface area contributed by atoms with Crippen molar-refractivity contribution in [3.63, 3.8) is 0 Å². The number of hydrogen-bond donors (Lipinski definition) is 1. The van der Waals surface area contributed by atoms with Crippen molar-refractivity contribution in [2.24, 2.45) is 0 Å². The first kappa shape index (κ1) is 22.3. The molecule has 4 rings (SSSR count). The van der Waals surface area contributed by atoms with Crippen molar-refractivity contribution >= 4 is 22.6 Å². The van der Waals surface area contributed by atoms with Crippen LogP contribution in [0.2, 0.25) is 0 Å². The van der Waals surface area contributed by atoms with E-state index in [0.717, 1.165) is 40.9 Å². The number of hydrogen-bond acceptors (Lipinski definition) is 7. The molecule has 8 heteroatoms. The van der Waals surface area contributed by atoms with Crippen molar-refractivity contribution in [2.75, 3.05) is 18.6 Å². The van der Waals surface area contributed by atoms with E-state index in [2.05, 4.69) is 14.6 Å². The second-order valence-corrected chi connectivity index (χ2v) is 8.91. The summed E-state index contributed by atoms with van der Waals surface area (Å²) < 4.78 is 15.4. The minimum atomic E-state index is 0.0995. The molecule has 2 aromatic heterocycles. The molecule has 1 fully saturated rings. The molecule has 0 radical (unpaired) electrons. The van der Waals surface area contributed by atoms with Crippen LogP contribution in [0.5, 0.6) is 5.75 Å². The third kappa shape index (κ3) is 6.32. The van der Waals surface area contributed by atoms with Gasteiger partial charge in [0.2, 0.25) is 11.0 Å². The summed E-state index contributed by atoms with van der Waals surface area (Å²) in [5.74, 6) is 2.51. The Morgan fingerprint density at radius 3 is 2.91 bits per heavy atom. The Morgan fingerprint density at radius 1 is 1.25 bits per heavy atom. The minimum Gasteiger partial charge on any atom is -0.497 e. The lowest BCUT2D eigenvalue weighted by molar-refractivity contribution is -0.121. The van der Waals surface area contributed by atoms with Crippen molar-refractivity contribution in [2.45, 2.75) is 57.5 Å². The quantitative estimate of drug-likeness (QED) is 0.483. The van der Waals surface area contributed by atoms with Gasteiger partial charge in [-0.2, -0.15) is 4.37 Å². The molecular weight excluding hydrogens is 424 g/mol. The van der Waals surface area contributed by atoms with E-state index in [1.54, 1.807) is 13.4 Å². The van der Waals surface area contributed by atoms with E-state index in [4.69, 9.17) is 14.1 Å². The van der Waals surface area contributed by atoms with E-state index >= 15 is 0 Å². The summed E-state index contributed by atoms with van der Waals surface area (Å²) in [6.45, 7) is 1.12. The van der Waals surface area contributed by atoms with E-state index < -0.39 is 0 Å². The molecule has 0 aliphatic heterocycles. The second kappa shape index (κ2) is 11.1. The lowest BCUT2D eigenvalue weighted by Gasteiger charge is -2.24. The molecule has 0 bridgehead atoms. The number of ether oxygens (including phenoxy) is 1. The normalized spacial score (nSPS) is 14.3. The van der Waals surface area contributed by atoms with Crippen LogP contribution in [-0.4, -0.2) is 35.0 Å². The van der Waals surface area contributed by atoms with Gasteiger partial charge in [0.1, 0.15) is 17.3 Å². The average molecular weight is 455 g/mol. The zero-order valence-corrected chi connectivity index (χ0v) is 19.3. The lowest BCUT2D eigenvalue weighted by atomic mass is 9.95. The van der Waals surface area contributed by atoms with E-state index in [0.29, 0.717) is 32.0 Å². The summed E-state index contributed by atoms with van der Waals surface area (Å²) >= 11 is 1.36. The summed E-state index contributed by atoms with van der Waals surface area (Å²) in [5, 5.41) is 4.00. The van der Waals surface area contributed by atoms with E-state index in [9.17, 15) is 4.79 Å². The van der Waals surface area contributed by atoms with Crippen LogP contribution in [0.3, 0.4) is 0 Å². The van der Waals surface area contributed by atoms with Gasteiger partial charge in [-0.3, -0.25) is 4.79 Å². The number of anilines is 1. The third-order valence-electron chi connectivity index (χ3n) is 5.73. The standard InChI is InChI=1S/C24H30N4O3S/c1-30-20-10-5-7-18(15-20)16-22-26-24(32-27-22)28(17-21-11-6-14-31-21)13-12-23(29)25-19-8-3-2-4-9-19/h5-7,10-11,14-15,19H,2-4,8-9,12-13,16-17H2,1H3,(H,25,29). The lowest BCUT2D eigenvalue weighted by Crippen LogP contribution is -2.38. The minimum absolute atomic E-state index is 0.0995. The molecule has 32 heavy (non-hydrogen) atoms. The molecule has 1 N–H and O–H groups in total. The maximum absolute atomic E-state index is 12.6. The third-order valence-corrected chi connectivity index (χ3v) is 6.54. The first-order valence-electron chi connectivity index (χ1n) is 11.2. The van der Waals surface area contributed by atoms with Crippen LogP contribution in [0.1, 0.15) is 55.7 Å². The highest BCUT2D eigenvalue weighted by molar-refractivity contribution is 7.09. The van der Waals surface area contributed by atoms with Crippen molar-refractivity contribution in [3.8, 4) is 5.75 Å². The van der Waals surface area contributed by atoms with Gasteiger partial charge in [0.05, 0.1) is 19.9 Å². The Morgan fingerprint density at radius 2 is 2.12 bits per heavy atom. The second-order valence-electron chi connectivity index (χ2n) is 8.17. The summed E-state index contributed by atoms with van der Waals surface area (Å²) in [6.07, 6.45) is 8.58. The number of furan rings is 1. The Bertz CT molecular complexity index is 983. The number of rotatable bonds is 10. The maximum atomic E-state index is 12.6. The van der Waals surface area contributed by atoms with Crippen molar-refractivity contribution in [1.29, 1.82) is 0 Å². The molecule has 1 amide bonds. The predicted octanol–water partition coefficient (Wildman–Crippen LogP) is 4.58. The molecule has 170 valence electrons. The molecule has 7 nitrogen and oxygen atoms in total. The zero-order valence-electron chi connectivity index (χ0n) is 18.5. The Hall–Kier alpha value is -2.87. The van der Waals surface area contributed by atoms with E-state index in [1.165, 1.54) is 30.8 Å². The van der Waals surface area contributed by atoms with Gasteiger partial charge in [-0.25, -0.2) is 4.98 Å². The average Bonchev–Trinajstić information content (AvgIpc) is 3.50. The summed E-state index contributed by atoms with van der Waals surface area (Å²) in [4.78, 5) is 19.4. The fraction of sp³-hybridized carbons (Fsp3) is 0.458. The van der Waals surface area contributed by atoms with E-state index in [-0.39, 0.29) is 5.91 Å². The van der Waals surface area contributed by atoms with Crippen molar-refractivity contribution in [1.82, 2.24) is 14.7 Å². The maximum Gasteiger partial charge on any atom is 0.221 e. The van der Waals surface area contributed by atoms with Gasteiger partial charge >= 0.3 is 0 Å². The molecule has 1 aromatic carbocycles. The number of benzene rings is 1. The smallest absolute Gasteiger partial charge is 0.221 e. The molecular formula is C24H30N4O3S. The first-order valence-corrected chi connectivity index (χ1v) is 12.0. The number of amides is 1. The molecule has 2 heterocycles. The summed E-state index contributed by atoms with van der Waals surface area (Å²) in [5.41, 5.74) is 1.10. The van der Waals surface area contributed by atoms with Crippen molar-refractivity contribution < 1.29 is 13.9 Å². The predicted molar refractivity (Wildman–Crippen MR) is 125 cm³/mol. The number of nitrogens with one attached hydrogen (secondary N) is 1. The molecule has 0 unspecified atom stereocenters. The van der Waals surface area contributed by atoms with Crippen LogP contribution in [0, 0.1) is 0 Å². The van der Waals surface area contributed by atoms with Gasteiger partial charge < -0.3 is 19.4 Å². The highest BCUT2D eigenvalue weighted by Crippen LogP contribution is 2.23. The summed E-state index contributed by atoms with van der Waals surface area (Å²) in [7, 11) is 1.66. The van der Waals surface area contributed by atoms with Gasteiger partial charge in [0, 0.05) is 37.0 Å². The molecule has 0 spiro atoms. The topological polar surface area (TPSA) is 80.5 Å². The van der Waals surface area contributed by atoms with Crippen LogP contribution in [0.25, 0.3) is 0 Å². The van der Waals surface area contributed by atoms with Gasteiger partial charge in [0.15, 0.2) is 0 Å². The number of methoxy groups -OCH3 is 1. The molecule has 0 atom stereocenters. The number of carbonyl (C=O) groups is 1. The van der Waals surface area contributed by atoms with Gasteiger partial charge in [0.25, 0.3) is 0 Å². The SMILES string of the molecule is COc1cccc(Cc2nsc(N(CCC(=O)NC3CCCCC3)Cc3ccco3)n2)c1. The fourth-order valence-corrected chi connectivity index (χ4v) is 4.74. The molecule has 1 saturated carbocycles. The molecule has 0 saturated heterocycles. The fourth-order valence-electron chi connectivity index (χ4n) is 4.03. The molecule has 1 aliphatic rings. The first-order chi connectivity index (χ1) is 15.7. The van der Waals surface area contributed by atoms with Gasteiger partial charge in [-0.05, 0) is 42.7 Å². The van der Waals surface area contributed by atoms with Crippen LogP contribution < -0.4 is 15.0 Å². The largest absolute Gasteiger partial charge is 0.497 e. The molecule has 1 aliphatic carbocycles. The Kier molecular flexibility index (Phi) is 7.77. The Balaban J connectivity index is 1.40. The summed E-state index contributed by atoms with van der Waals surface area (Å²) in [6, 6.07) is 12.1. The van der Waals surface area contributed by atoms with Gasteiger partial charge in [-0.15, -0.1) is 0 Å². The zero-order chi connectivity index (χ0) is 22.2. The number of aromatic nitrogens is 2. The number of nitrogens with zero attached hydrogens (tertiary/aromatic N) is 3. The van der Waals surface area contributed by atoms with Crippen LogP contribution in [-0.2, 0) is 17.8 Å². The van der Waals surface area contributed by atoms with Crippen molar-refractivity contribution in [3.05, 3.63) is 59.8 Å². The van der Waals surface area contributed by atoms with Crippen LogP contribution in [0.15, 0.2) is 47.1 Å². The number of carbonyl (C=O) groups excluding carboxylic acids is 1. The van der Waals surface area contributed by atoms with Crippen LogP contribution in [0.4, 0.5) is 5.13 Å². The highest BCUT2D eigenvalue weighted by atomic mass is 32.1. The van der Waals surface area contributed by atoms with Gasteiger partial charge in [-0.1, -0.05) is 31.4 Å². The highest BCUT2D eigenvalue weighted by Gasteiger charge is 2.19. The van der Waals surface area contributed by atoms with Crippen LogP contribution >= 0.6 is 11.5 Å². The molecule has 3 aromatic rings. The monoisotopic (exact) mass is 454 g/mol.